The Hall–Kier alpha value is -3.35. The highest BCUT2D eigenvalue weighted by Gasteiger charge is 2.09. The predicted octanol–water partition coefficient (Wildman–Crippen LogP) is 2.19. The summed E-state index contributed by atoms with van der Waals surface area (Å²) < 4.78 is 0. The smallest absolute Gasteiger partial charge is 0.200 e. The number of aromatic hydroxyl groups is 3. The van der Waals surface area contributed by atoms with Crippen LogP contribution in [0.2, 0.25) is 0 Å². The fourth-order valence-corrected chi connectivity index (χ4v) is 1.96. The van der Waals surface area contributed by atoms with Gasteiger partial charge in [0.05, 0.1) is 12.4 Å². The van der Waals surface area contributed by atoms with Crippen LogP contribution in [0.25, 0.3) is 10.8 Å². The summed E-state index contributed by atoms with van der Waals surface area (Å²) in [6.45, 7) is 0. The highest BCUT2D eigenvalue weighted by Crippen LogP contribution is 2.36. The number of benzene rings is 2. The van der Waals surface area contributed by atoms with Crippen molar-refractivity contribution in [3.63, 3.8) is 0 Å². The summed E-state index contributed by atoms with van der Waals surface area (Å²) in [7, 11) is 0. The molecule has 0 atom stereocenters. The van der Waals surface area contributed by atoms with Crippen molar-refractivity contribution < 1.29 is 15.3 Å². The van der Waals surface area contributed by atoms with E-state index in [4.69, 9.17) is 0 Å². The summed E-state index contributed by atoms with van der Waals surface area (Å²) in [6.07, 6.45) is 2.95. The molecule has 22 heavy (non-hydrogen) atoms. The molecule has 0 saturated carbocycles. The molecule has 0 saturated heterocycles. The molecule has 7 nitrogen and oxygen atoms in total. The Bertz CT molecular complexity index is 859. The maximum Gasteiger partial charge on any atom is 0.200 e. The van der Waals surface area contributed by atoms with Gasteiger partial charge in [-0.3, -0.25) is 5.43 Å². The number of aromatic nitrogens is 2. The zero-order valence-electron chi connectivity index (χ0n) is 11.3. The molecule has 0 spiro atoms. The normalized spacial score (nSPS) is 11.1. The van der Waals surface area contributed by atoms with E-state index in [1.807, 2.05) is 24.3 Å². The lowest BCUT2D eigenvalue weighted by molar-refractivity contribution is 0.367. The van der Waals surface area contributed by atoms with Crippen LogP contribution in [0.3, 0.4) is 0 Å². The fourth-order valence-electron chi connectivity index (χ4n) is 1.96. The lowest BCUT2D eigenvalue weighted by Crippen LogP contribution is -1.96. The number of anilines is 1. The van der Waals surface area contributed by atoms with Gasteiger partial charge in [-0.05, 0) is 12.1 Å². The lowest BCUT2D eigenvalue weighted by atomic mass is 10.2. The van der Waals surface area contributed by atoms with E-state index >= 15 is 0 Å². The van der Waals surface area contributed by atoms with Crippen LogP contribution in [-0.4, -0.2) is 31.7 Å². The Morgan fingerprint density at radius 2 is 1.82 bits per heavy atom. The molecule has 0 bridgehead atoms. The van der Waals surface area contributed by atoms with E-state index in [1.54, 1.807) is 6.20 Å². The molecule has 1 aromatic heterocycles. The molecule has 1 heterocycles. The van der Waals surface area contributed by atoms with Crippen molar-refractivity contribution in [1.82, 2.24) is 10.2 Å². The Balaban J connectivity index is 1.87. The van der Waals surface area contributed by atoms with E-state index in [9.17, 15) is 15.3 Å². The number of nitrogens with zero attached hydrogens (tertiary/aromatic N) is 3. The Kier molecular flexibility index (Phi) is 3.45. The predicted molar refractivity (Wildman–Crippen MR) is 82.2 cm³/mol. The zero-order valence-corrected chi connectivity index (χ0v) is 11.3. The number of phenols is 3. The highest BCUT2D eigenvalue weighted by atomic mass is 16.3. The Morgan fingerprint density at radius 3 is 2.68 bits per heavy atom. The number of hydrogen-bond donors (Lipinski definition) is 4. The molecule has 0 radical (unpaired) electrons. The van der Waals surface area contributed by atoms with Gasteiger partial charge in [0.2, 0.25) is 5.75 Å². The largest absolute Gasteiger partial charge is 0.504 e. The van der Waals surface area contributed by atoms with Gasteiger partial charge in [0.1, 0.15) is 0 Å². The quantitative estimate of drug-likeness (QED) is 0.335. The number of phenolic OH excluding ortho intramolecular Hbond substituents is 3. The minimum Gasteiger partial charge on any atom is -0.504 e. The van der Waals surface area contributed by atoms with Crippen LogP contribution in [-0.2, 0) is 0 Å². The minimum atomic E-state index is -0.589. The maximum absolute atomic E-state index is 9.69. The molecular weight excluding hydrogens is 284 g/mol. The highest BCUT2D eigenvalue weighted by molar-refractivity contribution is 5.91. The number of rotatable bonds is 3. The first-order valence-corrected chi connectivity index (χ1v) is 6.40. The van der Waals surface area contributed by atoms with E-state index in [-0.39, 0.29) is 5.56 Å². The van der Waals surface area contributed by atoms with Crippen molar-refractivity contribution in [1.29, 1.82) is 0 Å². The average molecular weight is 296 g/mol. The second kappa shape index (κ2) is 5.57. The van der Waals surface area contributed by atoms with Crippen LogP contribution in [0.15, 0.2) is 47.7 Å². The molecule has 0 unspecified atom stereocenters. The van der Waals surface area contributed by atoms with Gasteiger partial charge >= 0.3 is 0 Å². The summed E-state index contributed by atoms with van der Waals surface area (Å²) in [5, 5.41) is 42.0. The molecule has 0 aliphatic heterocycles. The van der Waals surface area contributed by atoms with Crippen molar-refractivity contribution in [2.45, 2.75) is 0 Å². The SMILES string of the molecule is Oc1ccc(C=NNc2nncc3ccccc23)c(O)c1O. The molecule has 110 valence electrons. The molecule has 2 aromatic carbocycles. The molecule has 4 N–H and O–H groups in total. The molecule has 3 aromatic rings. The van der Waals surface area contributed by atoms with E-state index in [1.165, 1.54) is 18.3 Å². The Morgan fingerprint density at radius 1 is 1.00 bits per heavy atom. The van der Waals surface area contributed by atoms with E-state index in [0.29, 0.717) is 5.82 Å². The first kappa shape index (κ1) is 13.6. The Labute approximate surface area is 125 Å². The van der Waals surface area contributed by atoms with E-state index < -0.39 is 17.2 Å². The van der Waals surface area contributed by atoms with Gasteiger partial charge in [-0.25, -0.2) is 0 Å². The fraction of sp³-hybridized carbons (Fsp3) is 0. The third-order valence-corrected chi connectivity index (χ3v) is 3.11. The monoisotopic (exact) mass is 296 g/mol. The average Bonchev–Trinajstić information content (AvgIpc) is 2.55. The van der Waals surface area contributed by atoms with Crippen molar-refractivity contribution in [2.24, 2.45) is 5.10 Å². The third-order valence-electron chi connectivity index (χ3n) is 3.11. The molecule has 0 fully saturated rings. The maximum atomic E-state index is 9.69. The molecule has 7 heteroatoms. The van der Waals surface area contributed by atoms with Gasteiger partial charge in [0.25, 0.3) is 0 Å². The zero-order chi connectivity index (χ0) is 15.5. The first-order valence-electron chi connectivity index (χ1n) is 6.40. The third kappa shape index (κ3) is 2.47. The number of hydrogen-bond acceptors (Lipinski definition) is 7. The van der Waals surface area contributed by atoms with Gasteiger partial charge in [-0.1, -0.05) is 24.3 Å². The molecule has 3 rings (SSSR count). The minimum absolute atomic E-state index is 0.246. The lowest BCUT2D eigenvalue weighted by Gasteiger charge is -2.04. The number of fused-ring (bicyclic) bond motifs is 1. The molecule has 0 aliphatic carbocycles. The summed E-state index contributed by atoms with van der Waals surface area (Å²) in [5.74, 6) is -0.970. The molecule has 0 aliphatic rings. The van der Waals surface area contributed by atoms with Crippen LogP contribution in [0.1, 0.15) is 5.56 Å². The van der Waals surface area contributed by atoms with Crippen molar-refractivity contribution in [2.75, 3.05) is 5.43 Å². The van der Waals surface area contributed by atoms with Crippen LogP contribution in [0.5, 0.6) is 17.2 Å². The van der Waals surface area contributed by atoms with Crippen LogP contribution in [0.4, 0.5) is 5.82 Å². The van der Waals surface area contributed by atoms with Gasteiger partial charge < -0.3 is 15.3 Å². The van der Waals surface area contributed by atoms with Crippen molar-refractivity contribution in [3.8, 4) is 17.2 Å². The van der Waals surface area contributed by atoms with Crippen LogP contribution < -0.4 is 5.43 Å². The first-order chi connectivity index (χ1) is 10.7. The van der Waals surface area contributed by atoms with Crippen molar-refractivity contribution >= 4 is 22.8 Å². The van der Waals surface area contributed by atoms with Crippen molar-refractivity contribution in [3.05, 3.63) is 48.2 Å². The van der Waals surface area contributed by atoms with Gasteiger partial charge in [-0.15, -0.1) is 5.10 Å². The number of hydrazone groups is 1. The molecule has 0 amide bonds. The number of nitrogens with one attached hydrogen (secondary N) is 1. The van der Waals surface area contributed by atoms with Gasteiger partial charge in [0, 0.05) is 16.3 Å². The topological polar surface area (TPSA) is 111 Å². The van der Waals surface area contributed by atoms with Crippen LogP contribution in [0, 0.1) is 0 Å². The summed E-state index contributed by atoms with van der Waals surface area (Å²) >= 11 is 0. The summed E-state index contributed by atoms with van der Waals surface area (Å²) in [6, 6.07) is 10.2. The second-order valence-electron chi connectivity index (χ2n) is 4.52. The summed E-state index contributed by atoms with van der Waals surface area (Å²) in [5.41, 5.74) is 2.98. The van der Waals surface area contributed by atoms with Gasteiger partial charge in [0.15, 0.2) is 17.3 Å². The van der Waals surface area contributed by atoms with Crippen LogP contribution >= 0.6 is 0 Å². The standard InChI is InChI=1S/C15H12N4O3/c20-12-6-5-10(13(21)14(12)22)8-17-19-15-11-4-2-1-3-9(11)7-16-18-15/h1-8,20-22H,(H,18,19). The van der Waals surface area contributed by atoms with E-state index in [0.717, 1.165) is 10.8 Å². The second-order valence-corrected chi connectivity index (χ2v) is 4.52. The van der Waals surface area contributed by atoms with Gasteiger partial charge in [-0.2, -0.15) is 10.2 Å². The van der Waals surface area contributed by atoms with E-state index in [2.05, 4.69) is 20.7 Å². The molecular formula is C15H12N4O3. The summed E-state index contributed by atoms with van der Waals surface area (Å²) in [4.78, 5) is 0.